The van der Waals surface area contributed by atoms with Crippen molar-refractivity contribution in [3.05, 3.63) is 58.8 Å². The maximum absolute atomic E-state index is 15.2. The Morgan fingerprint density at radius 3 is 2.61 bits per heavy atom. The largest absolute Gasteiger partial charge is 0.417 e. The number of alkyl halides is 3. The van der Waals surface area contributed by atoms with E-state index in [0.29, 0.717) is 38.7 Å². The van der Waals surface area contributed by atoms with Gasteiger partial charge in [0.15, 0.2) is 5.82 Å². The highest BCUT2D eigenvalue weighted by atomic mass is 19.4. The number of halogens is 5. The third-order valence-corrected chi connectivity index (χ3v) is 7.69. The minimum Gasteiger partial charge on any atom is -0.374 e. The molecule has 2 aromatic rings. The fourth-order valence-electron chi connectivity index (χ4n) is 5.34. The SMILES string of the molecule is Cc1cc(C(F)(F)F)c(C#N)c(NC2CCN(CCCOC3CN(C(=O)C=CCN(C)C)C3)c3cc(F)cc(F)c3N(C)C2=O)n1. The molecule has 10 nitrogen and oxygen atoms in total. The summed E-state index contributed by atoms with van der Waals surface area (Å²) in [5.74, 6) is -3.03. The van der Waals surface area contributed by atoms with Gasteiger partial charge in [-0.1, -0.05) is 6.08 Å². The van der Waals surface area contributed by atoms with Crippen molar-refractivity contribution in [1.29, 1.82) is 5.26 Å². The van der Waals surface area contributed by atoms with Crippen molar-refractivity contribution in [3.8, 4) is 6.07 Å². The normalized spacial score (nSPS) is 17.5. The molecule has 1 aromatic heterocycles. The fraction of sp³-hybridized carbons (Fsp3) is 0.484. The van der Waals surface area contributed by atoms with E-state index in [2.05, 4.69) is 10.3 Å². The van der Waals surface area contributed by atoms with Gasteiger partial charge in [-0.25, -0.2) is 13.8 Å². The molecule has 2 amide bonds. The monoisotopic (exact) mass is 649 g/mol. The average molecular weight is 650 g/mol. The summed E-state index contributed by atoms with van der Waals surface area (Å²) >= 11 is 0. The summed E-state index contributed by atoms with van der Waals surface area (Å²) in [6.07, 6.45) is -1.20. The number of fused-ring (bicyclic) bond motifs is 1. The number of rotatable bonds is 10. The second kappa shape index (κ2) is 14.4. The van der Waals surface area contributed by atoms with E-state index in [0.717, 1.165) is 17.0 Å². The van der Waals surface area contributed by atoms with E-state index in [1.54, 1.807) is 15.9 Å². The zero-order valence-corrected chi connectivity index (χ0v) is 26.0. The number of ether oxygens (including phenoxy) is 1. The van der Waals surface area contributed by atoms with E-state index >= 15 is 4.39 Å². The smallest absolute Gasteiger partial charge is 0.374 e. The van der Waals surface area contributed by atoms with Crippen molar-refractivity contribution in [3.63, 3.8) is 0 Å². The number of pyridine rings is 1. The topological polar surface area (TPSA) is 105 Å². The van der Waals surface area contributed by atoms with Crippen LogP contribution in [0.2, 0.25) is 0 Å². The van der Waals surface area contributed by atoms with Crippen LogP contribution in [0.3, 0.4) is 0 Å². The molecule has 46 heavy (non-hydrogen) atoms. The molecule has 1 unspecified atom stereocenters. The number of aromatic nitrogens is 1. The summed E-state index contributed by atoms with van der Waals surface area (Å²) in [4.78, 5) is 36.1. The van der Waals surface area contributed by atoms with Crippen molar-refractivity contribution in [2.45, 2.75) is 38.1 Å². The lowest BCUT2D eigenvalue weighted by atomic mass is 10.0. The minimum atomic E-state index is -4.84. The van der Waals surface area contributed by atoms with Crippen molar-refractivity contribution in [1.82, 2.24) is 14.8 Å². The zero-order chi connectivity index (χ0) is 33.8. The first-order valence-electron chi connectivity index (χ1n) is 14.7. The number of carbonyl (C=O) groups is 2. The van der Waals surface area contributed by atoms with Crippen LogP contribution in [0.1, 0.15) is 29.7 Å². The third kappa shape index (κ3) is 8.10. The number of hydrogen-bond acceptors (Lipinski definition) is 8. The standard InChI is InChI=1S/C31H36F5N7O3/c1-19-13-23(31(34,35)36)22(16-37)29(38-19)39-25-8-11-42(26-15-20(32)14-24(33)28(26)41(4)30(25)45)10-6-12-46-21-17-43(18-21)27(44)7-5-9-40(2)3/h5,7,13-15,21,25H,6,8-12,17-18H2,1-4H3,(H,38,39). The maximum Gasteiger partial charge on any atom is 0.417 e. The molecule has 1 saturated heterocycles. The molecular formula is C31H36F5N7O3. The second-order valence-corrected chi connectivity index (χ2v) is 11.5. The molecule has 1 atom stereocenters. The molecule has 0 radical (unpaired) electrons. The highest BCUT2D eigenvalue weighted by molar-refractivity contribution is 6.01. The molecule has 1 aromatic carbocycles. The number of amides is 2. The number of nitrogens with one attached hydrogen (secondary N) is 1. The van der Waals surface area contributed by atoms with E-state index in [-0.39, 0.29) is 48.6 Å². The summed E-state index contributed by atoms with van der Waals surface area (Å²) in [7, 11) is 5.09. The first-order chi connectivity index (χ1) is 21.7. The molecule has 0 saturated carbocycles. The lowest BCUT2D eigenvalue weighted by Crippen LogP contribution is -2.54. The summed E-state index contributed by atoms with van der Waals surface area (Å²) in [5, 5.41) is 12.3. The van der Waals surface area contributed by atoms with Crippen molar-refractivity contribution < 1.29 is 36.3 Å². The van der Waals surface area contributed by atoms with E-state index in [9.17, 15) is 32.4 Å². The van der Waals surface area contributed by atoms with Crippen molar-refractivity contribution >= 4 is 29.0 Å². The molecule has 0 aliphatic carbocycles. The first-order valence-corrected chi connectivity index (χ1v) is 14.7. The number of likely N-dealkylation sites (tertiary alicyclic amines) is 1. The molecule has 15 heteroatoms. The van der Waals surface area contributed by atoms with Crippen LogP contribution in [0.4, 0.5) is 39.1 Å². The summed E-state index contributed by atoms with van der Waals surface area (Å²) in [6.45, 7) is 3.54. The Balaban J connectivity index is 1.46. The number of nitriles is 1. The quantitative estimate of drug-likeness (QED) is 0.235. The van der Waals surface area contributed by atoms with E-state index in [1.165, 1.54) is 26.1 Å². The van der Waals surface area contributed by atoms with Gasteiger partial charge in [-0.05, 0) is 46.0 Å². The van der Waals surface area contributed by atoms with Crippen molar-refractivity contribution in [2.75, 3.05) is 75.6 Å². The number of likely N-dealkylation sites (N-methyl/N-ethyl adjacent to an activating group) is 2. The van der Waals surface area contributed by atoms with Gasteiger partial charge in [0, 0.05) is 64.2 Å². The van der Waals surface area contributed by atoms with Gasteiger partial charge in [-0.2, -0.15) is 18.4 Å². The minimum absolute atomic E-state index is 0.0183. The lowest BCUT2D eigenvalue weighted by Gasteiger charge is -2.38. The maximum atomic E-state index is 15.2. The molecule has 1 N–H and O–H groups in total. The van der Waals surface area contributed by atoms with Gasteiger partial charge in [0.1, 0.15) is 35.0 Å². The molecule has 0 spiro atoms. The van der Waals surface area contributed by atoms with Crippen LogP contribution in [-0.2, 0) is 20.5 Å². The molecule has 4 rings (SSSR count). The zero-order valence-electron chi connectivity index (χ0n) is 26.0. The summed E-state index contributed by atoms with van der Waals surface area (Å²) in [6, 6.07) is 2.88. The van der Waals surface area contributed by atoms with E-state index < -0.39 is 46.7 Å². The first kappa shape index (κ1) is 34.6. The van der Waals surface area contributed by atoms with Crippen molar-refractivity contribution in [2.24, 2.45) is 0 Å². The lowest BCUT2D eigenvalue weighted by molar-refractivity contribution is -0.139. The predicted octanol–water partition coefficient (Wildman–Crippen LogP) is 3.95. The molecular weight excluding hydrogens is 613 g/mol. The van der Waals surface area contributed by atoms with Gasteiger partial charge < -0.3 is 29.7 Å². The number of anilines is 3. The van der Waals surface area contributed by atoms with Crippen LogP contribution in [0.25, 0.3) is 0 Å². The molecule has 0 bridgehead atoms. The molecule has 3 heterocycles. The number of benzene rings is 1. The van der Waals surface area contributed by atoms with Gasteiger partial charge in [0.05, 0.1) is 17.4 Å². The Morgan fingerprint density at radius 1 is 1.24 bits per heavy atom. The second-order valence-electron chi connectivity index (χ2n) is 11.5. The summed E-state index contributed by atoms with van der Waals surface area (Å²) in [5.41, 5.74) is -2.02. The van der Waals surface area contributed by atoms with Crippen LogP contribution in [0.5, 0.6) is 0 Å². The molecule has 248 valence electrons. The van der Waals surface area contributed by atoms with Crippen LogP contribution in [0, 0.1) is 29.9 Å². The Labute approximate surface area is 264 Å². The van der Waals surface area contributed by atoms with E-state index in [1.807, 2.05) is 19.0 Å². The molecule has 1 fully saturated rings. The Bertz CT molecular complexity index is 1520. The van der Waals surface area contributed by atoms with Gasteiger partial charge >= 0.3 is 6.18 Å². The highest BCUT2D eigenvalue weighted by Crippen LogP contribution is 2.37. The molecule has 2 aliphatic heterocycles. The Hall–Kier alpha value is -4.29. The number of carbonyl (C=O) groups excluding carboxylic acids is 2. The van der Waals surface area contributed by atoms with Crippen LogP contribution >= 0.6 is 0 Å². The number of nitrogens with zero attached hydrogens (tertiary/aromatic N) is 6. The van der Waals surface area contributed by atoms with Gasteiger partial charge in [-0.15, -0.1) is 0 Å². The van der Waals surface area contributed by atoms with Gasteiger partial charge in [-0.3, -0.25) is 9.59 Å². The number of aryl methyl sites for hydroxylation is 1. The van der Waals surface area contributed by atoms with Crippen LogP contribution in [0.15, 0.2) is 30.4 Å². The van der Waals surface area contributed by atoms with Crippen LogP contribution < -0.4 is 15.1 Å². The molecule has 2 aliphatic rings. The Kier molecular flexibility index (Phi) is 10.8. The summed E-state index contributed by atoms with van der Waals surface area (Å²) < 4.78 is 76.5. The average Bonchev–Trinajstić information content (AvgIpc) is 2.94. The predicted molar refractivity (Wildman–Crippen MR) is 161 cm³/mol. The van der Waals surface area contributed by atoms with Gasteiger partial charge in [0.2, 0.25) is 11.8 Å². The fourth-order valence-corrected chi connectivity index (χ4v) is 5.34. The van der Waals surface area contributed by atoms with Crippen LogP contribution in [-0.4, -0.2) is 99.2 Å². The van der Waals surface area contributed by atoms with E-state index in [4.69, 9.17) is 4.74 Å². The number of hydrogen-bond donors (Lipinski definition) is 1. The van der Waals surface area contributed by atoms with Gasteiger partial charge in [0.25, 0.3) is 0 Å². The highest BCUT2D eigenvalue weighted by Gasteiger charge is 2.37. The third-order valence-electron chi connectivity index (χ3n) is 7.69. The Morgan fingerprint density at radius 2 is 1.96 bits per heavy atom.